The van der Waals surface area contributed by atoms with Gasteiger partial charge in [-0.15, -0.1) is 0 Å². The van der Waals surface area contributed by atoms with Gasteiger partial charge in [0.05, 0.1) is 13.5 Å². The van der Waals surface area contributed by atoms with Crippen LogP contribution in [0.4, 0.5) is 8.78 Å². The molecule has 0 saturated carbocycles. The fraction of sp³-hybridized carbons (Fsp3) is 0.533. The lowest BCUT2D eigenvalue weighted by Gasteiger charge is -2.35. The standard InChI is InChI=1S/C15H21F2NO2/c1-5-13(18)15(3,8-14(19)20-4)10-7-11(16)9(2)6-12(10)17/h6-7,13H,5,8,18H2,1-4H3. The molecule has 2 N–H and O–H groups in total. The van der Waals surface area contributed by atoms with Gasteiger partial charge >= 0.3 is 5.97 Å². The number of halogens is 2. The summed E-state index contributed by atoms with van der Waals surface area (Å²) in [6.45, 7) is 4.98. The molecule has 0 aliphatic heterocycles. The second kappa shape index (κ2) is 6.31. The van der Waals surface area contributed by atoms with Crippen molar-refractivity contribution in [3.63, 3.8) is 0 Å². The summed E-state index contributed by atoms with van der Waals surface area (Å²) >= 11 is 0. The average Bonchev–Trinajstić information content (AvgIpc) is 2.41. The number of nitrogens with two attached hydrogens (primary N) is 1. The largest absolute Gasteiger partial charge is 0.469 e. The minimum atomic E-state index is -1.01. The topological polar surface area (TPSA) is 52.3 Å². The number of aryl methyl sites for hydroxylation is 1. The summed E-state index contributed by atoms with van der Waals surface area (Å²) in [5, 5.41) is 0. The Morgan fingerprint density at radius 2 is 2.00 bits per heavy atom. The van der Waals surface area contributed by atoms with Crippen LogP contribution in [0.5, 0.6) is 0 Å². The Morgan fingerprint density at radius 1 is 1.40 bits per heavy atom. The Balaban J connectivity index is 3.37. The van der Waals surface area contributed by atoms with E-state index in [1.54, 1.807) is 6.92 Å². The van der Waals surface area contributed by atoms with Crippen LogP contribution < -0.4 is 5.73 Å². The minimum absolute atomic E-state index is 0.0993. The number of esters is 1. The van der Waals surface area contributed by atoms with Gasteiger partial charge in [-0.3, -0.25) is 4.79 Å². The van der Waals surface area contributed by atoms with Crippen molar-refractivity contribution in [1.29, 1.82) is 0 Å². The highest BCUT2D eigenvalue weighted by molar-refractivity contribution is 5.71. The van der Waals surface area contributed by atoms with Gasteiger partial charge in [-0.2, -0.15) is 0 Å². The van der Waals surface area contributed by atoms with Crippen LogP contribution in [0.3, 0.4) is 0 Å². The Bertz CT molecular complexity index is 505. The Morgan fingerprint density at radius 3 is 2.50 bits per heavy atom. The first-order chi connectivity index (χ1) is 9.26. The first-order valence-corrected chi connectivity index (χ1v) is 6.54. The van der Waals surface area contributed by atoms with Crippen LogP contribution in [0.1, 0.15) is 37.8 Å². The molecule has 0 aliphatic carbocycles. The third-order valence-corrected chi connectivity index (χ3v) is 3.86. The Labute approximate surface area is 118 Å². The highest BCUT2D eigenvalue weighted by Crippen LogP contribution is 2.35. The van der Waals surface area contributed by atoms with Gasteiger partial charge in [0.15, 0.2) is 0 Å². The third-order valence-electron chi connectivity index (χ3n) is 3.86. The number of methoxy groups -OCH3 is 1. The molecule has 2 atom stereocenters. The molecule has 0 spiro atoms. The van der Waals surface area contributed by atoms with Crippen molar-refractivity contribution in [2.75, 3.05) is 7.11 Å². The predicted molar refractivity (Wildman–Crippen MR) is 73.3 cm³/mol. The van der Waals surface area contributed by atoms with Crippen molar-refractivity contribution in [3.8, 4) is 0 Å². The normalized spacial score (nSPS) is 15.6. The van der Waals surface area contributed by atoms with Crippen LogP contribution in [0.2, 0.25) is 0 Å². The zero-order valence-corrected chi connectivity index (χ0v) is 12.3. The van der Waals surface area contributed by atoms with E-state index in [1.807, 2.05) is 6.92 Å². The summed E-state index contributed by atoms with van der Waals surface area (Å²) in [5.74, 6) is -1.57. The fourth-order valence-corrected chi connectivity index (χ4v) is 2.33. The van der Waals surface area contributed by atoms with E-state index in [9.17, 15) is 13.6 Å². The Hall–Kier alpha value is -1.49. The first kappa shape index (κ1) is 16.6. The number of carbonyl (C=O) groups excluding carboxylic acids is 1. The molecule has 3 nitrogen and oxygen atoms in total. The lowest BCUT2D eigenvalue weighted by Crippen LogP contribution is -2.45. The van der Waals surface area contributed by atoms with Crippen LogP contribution in [0, 0.1) is 18.6 Å². The van der Waals surface area contributed by atoms with Crippen LogP contribution >= 0.6 is 0 Å². The molecular formula is C15H21F2NO2. The van der Waals surface area contributed by atoms with E-state index in [1.165, 1.54) is 14.0 Å². The fourth-order valence-electron chi connectivity index (χ4n) is 2.33. The van der Waals surface area contributed by atoms with Crippen molar-refractivity contribution in [2.45, 2.75) is 45.1 Å². The van der Waals surface area contributed by atoms with Crippen molar-refractivity contribution in [2.24, 2.45) is 5.73 Å². The van der Waals surface area contributed by atoms with Gasteiger partial charge in [0.25, 0.3) is 0 Å². The van der Waals surface area contributed by atoms with E-state index in [-0.39, 0.29) is 17.5 Å². The first-order valence-electron chi connectivity index (χ1n) is 6.54. The lowest BCUT2D eigenvalue weighted by molar-refractivity contribution is -0.142. The zero-order valence-electron chi connectivity index (χ0n) is 12.3. The highest BCUT2D eigenvalue weighted by atomic mass is 19.1. The van der Waals surface area contributed by atoms with E-state index < -0.39 is 29.1 Å². The van der Waals surface area contributed by atoms with Crippen molar-refractivity contribution in [1.82, 2.24) is 0 Å². The maximum absolute atomic E-state index is 14.2. The summed E-state index contributed by atoms with van der Waals surface area (Å²) in [5.41, 5.74) is 5.36. The Kier molecular flexibility index (Phi) is 5.22. The molecule has 0 aromatic heterocycles. The maximum Gasteiger partial charge on any atom is 0.306 e. The number of benzene rings is 1. The summed E-state index contributed by atoms with van der Waals surface area (Å²) in [6.07, 6.45) is 0.431. The molecule has 1 rings (SSSR count). The number of hydrogen-bond donors (Lipinski definition) is 1. The van der Waals surface area contributed by atoms with Gasteiger partial charge in [0.1, 0.15) is 11.6 Å². The molecule has 20 heavy (non-hydrogen) atoms. The van der Waals surface area contributed by atoms with Crippen LogP contribution in [-0.4, -0.2) is 19.1 Å². The molecule has 1 aromatic carbocycles. The lowest BCUT2D eigenvalue weighted by atomic mass is 9.72. The highest BCUT2D eigenvalue weighted by Gasteiger charge is 2.38. The summed E-state index contributed by atoms with van der Waals surface area (Å²) in [4.78, 5) is 11.6. The van der Waals surface area contributed by atoms with E-state index in [4.69, 9.17) is 5.73 Å². The third kappa shape index (κ3) is 3.15. The molecule has 0 fully saturated rings. The minimum Gasteiger partial charge on any atom is -0.469 e. The van der Waals surface area contributed by atoms with E-state index in [0.29, 0.717) is 6.42 Å². The molecule has 0 aliphatic rings. The maximum atomic E-state index is 14.2. The van der Waals surface area contributed by atoms with Crippen LogP contribution in [0.25, 0.3) is 0 Å². The van der Waals surface area contributed by atoms with E-state index in [2.05, 4.69) is 4.74 Å². The van der Waals surface area contributed by atoms with Gasteiger partial charge < -0.3 is 10.5 Å². The number of carbonyl (C=O) groups is 1. The molecule has 2 unspecified atom stereocenters. The van der Waals surface area contributed by atoms with Gasteiger partial charge in [-0.25, -0.2) is 8.78 Å². The second-order valence-corrected chi connectivity index (χ2v) is 5.27. The molecule has 112 valence electrons. The molecule has 0 heterocycles. The zero-order chi connectivity index (χ0) is 15.5. The summed E-state index contributed by atoms with van der Waals surface area (Å²) in [6, 6.07) is 1.77. The summed E-state index contributed by atoms with van der Waals surface area (Å²) < 4.78 is 32.6. The average molecular weight is 285 g/mol. The van der Waals surface area contributed by atoms with E-state index in [0.717, 1.165) is 12.1 Å². The second-order valence-electron chi connectivity index (χ2n) is 5.27. The smallest absolute Gasteiger partial charge is 0.306 e. The molecule has 0 bridgehead atoms. The molecular weight excluding hydrogens is 264 g/mol. The van der Waals surface area contributed by atoms with Crippen molar-refractivity contribution < 1.29 is 18.3 Å². The van der Waals surface area contributed by atoms with Gasteiger partial charge in [0, 0.05) is 11.5 Å². The molecule has 1 aromatic rings. The van der Waals surface area contributed by atoms with Gasteiger partial charge in [0.2, 0.25) is 0 Å². The number of rotatable bonds is 5. The van der Waals surface area contributed by atoms with Gasteiger partial charge in [-0.05, 0) is 36.6 Å². The molecule has 0 saturated heterocycles. The number of hydrogen-bond acceptors (Lipinski definition) is 3. The molecule has 5 heteroatoms. The molecule has 0 radical (unpaired) electrons. The van der Waals surface area contributed by atoms with Crippen LogP contribution in [-0.2, 0) is 14.9 Å². The van der Waals surface area contributed by atoms with E-state index >= 15 is 0 Å². The SMILES string of the molecule is CCC(N)C(C)(CC(=O)OC)c1cc(F)c(C)cc1F. The predicted octanol–water partition coefficient (Wildman–Crippen LogP) is 2.83. The van der Waals surface area contributed by atoms with Crippen LogP contribution in [0.15, 0.2) is 12.1 Å². The number of ether oxygens (including phenoxy) is 1. The van der Waals surface area contributed by atoms with Crippen molar-refractivity contribution in [3.05, 3.63) is 34.9 Å². The quantitative estimate of drug-likeness (QED) is 0.846. The van der Waals surface area contributed by atoms with Gasteiger partial charge in [-0.1, -0.05) is 13.8 Å². The molecule has 0 amide bonds. The van der Waals surface area contributed by atoms with Crippen molar-refractivity contribution >= 4 is 5.97 Å². The summed E-state index contributed by atoms with van der Waals surface area (Å²) in [7, 11) is 1.26. The monoisotopic (exact) mass is 285 g/mol.